The average Bonchev–Trinajstić information content (AvgIpc) is 2.48. The number of β-amino-alcohol motifs (C(OH)–C–C–N with tert-alkyl or cyclic N) is 1. The monoisotopic (exact) mass is 275 g/mol. The molecule has 108 valence electrons. The van der Waals surface area contributed by atoms with Gasteiger partial charge in [-0.3, -0.25) is 4.79 Å². The zero-order chi connectivity index (χ0) is 14.5. The van der Waals surface area contributed by atoms with E-state index in [0.717, 1.165) is 17.7 Å². The number of aliphatic hydroxyl groups excluding tert-OH is 1. The number of nitrogens with zero attached hydrogens (tertiary/aromatic N) is 1. The van der Waals surface area contributed by atoms with Crippen LogP contribution in [-0.2, 0) is 4.79 Å². The minimum Gasteiger partial charge on any atom is -0.497 e. The molecule has 1 aliphatic heterocycles. The van der Waals surface area contributed by atoms with Crippen molar-refractivity contribution in [1.82, 2.24) is 4.90 Å². The topological polar surface area (TPSA) is 49.8 Å². The van der Waals surface area contributed by atoms with Gasteiger partial charge in [-0.2, -0.15) is 0 Å². The zero-order valence-electron chi connectivity index (χ0n) is 12.0. The Balaban J connectivity index is 1.94. The fourth-order valence-corrected chi connectivity index (χ4v) is 2.24. The molecular weight excluding hydrogens is 254 g/mol. The first kappa shape index (κ1) is 14.6. The second-order valence-electron chi connectivity index (χ2n) is 5.22. The van der Waals surface area contributed by atoms with E-state index in [-0.39, 0.29) is 11.8 Å². The summed E-state index contributed by atoms with van der Waals surface area (Å²) in [6.07, 6.45) is 3.78. The summed E-state index contributed by atoms with van der Waals surface area (Å²) in [7, 11) is 1.62. The van der Waals surface area contributed by atoms with Gasteiger partial charge in [-0.1, -0.05) is 19.1 Å². The van der Waals surface area contributed by atoms with Crippen LogP contribution in [0, 0.1) is 5.92 Å². The summed E-state index contributed by atoms with van der Waals surface area (Å²) < 4.78 is 5.08. The van der Waals surface area contributed by atoms with E-state index in [1.165, 1.54) is 0 Å². The average molecular weight is 275 g/mol. The van der Waals surface area contributed by atoms with Crippen molar-refractivity contribution in [3.63, 3.8) is 0 Å². The van der Waals surface area contributed by atoms with Crippen LogP contribution in [0.15, 0.2) is 30.3 Å². The highest BCUT2D eigenvalue weighted by Crippen LogP contribution is 2.17. The molecule has 4 heteroatoms. The Labute approximate surface area is 119 Å². The van der Waals surface area contributed by atoms with Crippen molar-refractivity contribution in [2.45, 2.75) is 19.4 Å². The number of likely N-dealkylation sites (tertiary alicyclic amines) is 1. The van der Waals surface area contributed by atoms with Crippen LogP contribution >= 0.6 is 0 Å². The number of hydrogen-bond acceptors (Lipinski definition) is 3. The predicted molar refractivity (Wildman–Crippen MR) is 78.4 cm³/mol. The summed E-state index contributed by atoms with van der Waals surface area (Å²) in [4.78, 5) is 13.7. The fourth-order valence-electron chi connectivity index (χ4n) is 2.24. The van der Waals surface area contributed by atoms with Gasteiger partial charge in [0.1, 0.15) is 5.75 Å². The van der Waals surface area contributed by atoms with Gasteiger partial charge in [-0.25, -0.2) is 0 Å². The highest BCUT2D eigenvalue weighted by atomic mass is 16.5. The van der Waals surface area contributed by atoms with Crippen molar-refractivity contribution < 1.29 is 14.6 Å². The first-order valence-electron chi connectivity index (χ1n) is 6.89. The second kappa shape index (κ2) is 6.57. The van der Waals surface area contributed by atoms with Gasteiger partial charge >= 0.3 is 0 Å². The van der Waals surface area contributed by atoms with E-state index in [2.05, 4.69) is 0 Å². The van der Waals surface area contributed by atoms with Gasteiger partial charge in [0.05, 0.1) is 13.2 Å². The van der Waals surface area contributed by atoms with E-state index >= 15 is 0 Å². The third-order valence-electron chi connectivity index (χ3n) is 3.76. The van der Waals surface area contributed by atoms with Crippen LogP contribution in [0.1, 0.15) is 18.9 Å². The first-order valence-corrected chi connectivity index (χ1v) is 6.89. The lowest BCUT2D eigenvalue weighted by molar-refractivity contribution is -0.130. The molecule has 0 aliphatic carbocycles. The standard InChI is InChI=1S/C16H21NO3/c1-12-9-10-17(11-15(12)18)16(19)8-5-13-3-6-14(20-2)7-4-13/h3-8,12,15,18H,9-11H2,1-2H3/b8-5+. The molecule has 1 saturated heterocycles. The van der Waals surface area contributed by atoms with Crippen LogP contribution in [0.5, 0.6) is 5.75 Å². The third-order valence-corrected chi connectivity index (χ3v) is 3.76. The molecule has 1 N–H and O–H groups in total. The summed E-state index contributed by atoms with van der Waals surface area (Å²) in [6.45, 7) is 3.15. The zero-order valence-corrected chi connectivity index (χ0v) is 12.0. The smallest absolute Gasteiger partial charge is 0.246 e. The second-order valence-corrected chi connectivity index (χ2v) is 5.22. The van der Waals surface area contributed by atoms with Crippen molar-refractivity contribution in [1.29, 1.82) is 0 Å². The molecule has 1 aromatic carbocycles. The quantitative estimate of drug-likeness (QED) is 0.858. The maximum atomic E-state index is 12.1. The molecule has 1 aliphatic rings. The Kier molecular flexibility index (Phi) is 4.79. The normalized spacial score (nSPS) is 23.1. The molecular formula is C16H21NO3. The van der Waals surface area contributed by atoms with Gasteiger partial charge < -0.3 is 14.7 Å². The Morgan fingerprint density at radius 3 is 2.70 bits per heavy atom. The third kappa shape index (κ3) is 3.61. The molecule has 0 aromatic heterocycles. The number of hydrogen-bond donors (Lipinski definition) is 1. The largest absolute Gasteiger partial charge is 0.497 e. The molecule has 1 amide bonds. The molecule has 2 atom stereocenters. The molecule has 1 aromatic rings. The van der Waals surface area contributed by atoms with Gasteiger partial charge in [-0.05, 0) is 36.1 Å². The molecule has 20 heavy (non-hydrogen) atoms. The lowest BCUT2D eigenvalue weighted by Gasteiger charge is -2.33. The van der Waals surface area contributed by atoms with Gasteiger partial charge in [-0.15, -0.1) is 0 Å². The maximum Gasteiger partial charge on any atom is 0.246 e. The minimum atomic E-state index is -0.415. The summed E-state index contributed by atoms with van der Waals surface area (Å²) in [6, 6.07) is 7.51. The number of methoxy groups -OCH3 is 1. The number of carbonyl (C=O) groups is 1. The summed E-state index contributed by atoms with van der Waals surface area (Å²) in [5.74, 6) is 1.01. The van der Waals surface area contributed by atoms with Crippen molar-refractivity contribution in [2.75, 3.05) is 20.2 Å². The SMILES string of the molecule is COc1ccc(/C=C/C(=O)N2CCC(C)C(O)C2)cc1. The fraction of sp³-hybridized carbons (Fsp3) is 0.438. The van der Waals surface area contributed by atoms with E-state index in [1.54, 1.807) is 24.2 Å². The highest BCUT2D eigenvalue weighted by molar-refractivity contribution is 5.91. The number of piperidine rings is 1. The molecule has 0 bridgehead atoms. The number of carbonyl (C=O) groups excluding carboxylic acids is 1. The van der Waals surface area contributed by atoms with Crippen molar-refractivity contribution >= 4 is 12.0 Å². The molecule has 4 nitrogen and oxygen atoms in total. The van der Waals surface area contributed by atoms with Crippen LogP contribution in [0.3, 0.4) is 0 Å². The van der Waals surface area contributed by atoms with Gasteiger partial charge in [0.25, 0.3) is 0 Å². The maximum absolute atomic E-state index is 12.1. The molecule has 0 saturated carbocycles. The van der Waals surface area contributed by atoms with Gasteiger partial charge in [0, 0.05) is 19.2 Å². The molecule has 1 fully saturated rings. The molecule has 2 unspecified atom stereocenters. The number of amides is 1. The number of ether oxygens (including phenoxy) is 1. The Morgan fingerprint density at radius 2 is 2.10 bits per heavy atom. The van der Waals surface area contributed by atoms with E-state index in [9.17, 15) is 9.90 Å². The minimum absolute atomic E-state index is 0.0493. The van der Waals surface area contributed by atoms with Gasteiger partial charge in [0.15, 0.2) is 0 Å². The van der Waals surface area contributed by atoms with Crippen molar-refractivity contribution in [3.05, 3.63) is 35.9 Å². The van der Waals surface area contributed by atoms with Gasteiger partial charge in [0.2, 0.25) is 5.91 Å². The molecule has 2 rings (SSSR count). The van der Waals surface area contributed by atoms with Crippen LogP contribution in [-0.4, -0.2) is 42.2 Å². The van der Waals surface area contributed by atoms with Crippen LogP contribution in [0.4, 0.5) is 0 Å². The van der Waals surface area contributed by atoms with Crippen molar-refractivity contribution in [2.24, 2.45) is 5.92 Å². The number of aliphatic hydroxyl groups is 1. The first-order chi connectivity index (χ1) is 9.60. The van der Waals surface area contributed by atoms with Crippen LogP contribution in [0.2, 0.25) is 0 Å². The summed E-state index contributed by atoms with van der Waals surface area (Å²) in [5, 5.41) is 9.81. The van der Waals surface area contributed by atoms with E-state index in [4.69, 9.17) is 4.74 Å². The Bertz CT molecular complexity index is 481. The highest BCUT2D eigenvalue weighted by Gasteiger charge is 2.25. The molecule has 0 spiro atoms. The summed E-state index contributed by atoms with van der Waals surface area (Å²) in [5.41, 5.74) is 0.949. The molecule has 0 radical (unpaired) electrons. The van der Waals surface area contributed by atoms with Crippen molar-refractivity contribution in [3.8, 4) is 5.75 Å². The number of benzene rings is 1. The van der Waals surface area contributed by atoms with Crippen LogP contribution < -0.4 is 4.74 Å². The lowest BCUT2D eigenvalue weighted by atomic mass is 9.96. The Morgan fingerprint density at radius 1 is 1.40 bits per heavy atom. The lowest BCUT2D eigenvalue weighted by Crippen LogP contribution is -2.45. The molecule has 1 heterocycles. The predicted octanol–water partition coefficient (Wildman–Crippen LogP) is 1.94. The Hall–Kier alpha value is -1.81. The van der Waals surface area contributed by atoms with E-state index in [0.29, 0.717) is 13.1 Å². The van der Waals surface area contributed by atoms with Crippen LogP contribution in [0.25, 0.3) is 6.08 Å². The van der Waals surface area contributed by atoms with E-state index in [1.807, 2.05) is 31.2 Å². The number of rotatable bonds is 3. The summed E-state index contributed by atoms with van der Waals surface area (Å²) >= 11 is 0. The van der Waals surface area contributed by atoms with E-state index < -0.39 is 6.10 Å².